The molecule has 1 fully saturated rings. The van der Waals surface area contributed by atoms with Gasteiger partial charge in [0.05, 0.1) is 0 Å². The smallest absolute Gasteiger partial charge is 0.225 e. The summed E-state index contributed by atoms with van der Waals surface area (Å²) in [6.07, 6.45) is 3.45. The molecule has 0 unspecified atom stereocenters. The van der Waals surface area contributed by atoms with Crippen molar-refractivity contribution >= 4 is 5.91 Å². The van der Waals surface area contributed by atoms with E-state index >= 15 is 0 Å². The van der Waals surface area contributed by atoms with Crippen LogP contribution in [0.3, 0.4) is 0 Å². The predicted molar refractivity (Wildman–Crippen MR) is 52.0 cm³/mol. The summed E-state index contributed by atoms with van der Waals surface area (Å²) < 4.78 is 0. The fourth-order valence-electron chi connectivity index (χ4n) is 1.41. The molecule has 72 valence electrons. The SMILES string of the molecule is CC.C[C@H]1CCCCN(C)C1=O. The van der Waals surface area contributed by atoms with Gasteiger partial charge in [0.25, 0.3) is 0 Å². The predicted octanol–water partition coefficient (Wildman–Crippen LogP) is 2.29. The fraction of sp³-hybridized carbons (Fsp3) is 0.900. The lowest BCUT2D eigenvalue weighted by molar-refractivity contribution is -0.133. The highest BCUT2D eigenvalue weighted by Gasteiger charge is 2.19. The van der Waals surface area contributed by atoms with Crippen LogP contribution >= 0.6 is 0 Å². The third kappa shape index (κ3) is 3.24. The molecular weight excluding hydrogens is 150 g/mol. The quantitative estimate of drug-likeness (QED) is 0.547. The van der Waals surface area contributed by atoms with Gasteiger partial charge in [-0.05, 0) is 12.8 Å². The van der Waals surface area contributed by atoms with E-state index in [1.807, 2.05) is 32.7 Å². The molecule has 0 aromatic carbocycles. The Morgan fingerprint density at radius 3 is 2.50 bits per heavy atom. The largest absolute Gasteiger partial charge is 0.346 e. The van der Waals surface area contributed by atoms with E-state index in [1.165, 1.54) is 12.8 Å². The van der Waals surface area contributed by atoms with Crippen molar-refractivity contribution in [1.82, 2.24) is 4.90 Å². The van der Waals surface area contributed by atoms with Crippen LogP contribution in [-0.4, -0.2) is 24.4 Å². The highest BCUT2D eigenvalue weighted by Crippen LogP contribution is 2.15. The van der Waals surface area contributed by atoms with Crippen LogP contribution in [-0.2, 0) is 4.79 Å². The van der Waals surface area contributed by atoms with Crippen LogP contribution in [0.4, 0.5) is 0 Å². The highest BCUT2D eigenvalue weighted by atomic mass is 16.2. The summed E-state index contributed by atoms with van der Waals surface area (Å²) in [5.74, 6) is 0.574. The van der Waals surface area contributed by atoms with Gasteiger partial charge in [-0.25, -0.2) is 0 Å². The minimum absolute atomic E-state index is 0.257. The van der Waals surface area contributed by atoms with Crippen molar-refractivity contribution in [3.63, 3.8) is 0 Å². The van der Waals surface area contributed by atoms with E-state index in [2.05, 4.69) is 0 Å². The van der Waals surface area contributed by atoms with Gasteiger partial charge in [-0.3, -0.25) is 4.79 Å². The van der Waals surface area contributed by atoms with Crippen molar-refractivity contribution < 1.29 is 4.79 Å². The Balaban J connectivity index is 0.000000561. The van der Waals surface area contributed by atoms with Crippen molar-refractivity contribution in [2.24, 2.45) is 5.92 Å². The van der Waals surface area contributed by atoms with Gasteiger partial charge in [-0.1, -0.05) is 27.2 Å². The van der Waals surface area contributed by atoms with E-state index in [0.717, 1.165) is 13.0 Å². The standard InChI is InChI=1S/C8H15NO.C2H6/c1-7-5-3-4-6-9(2)8(7)10;1-2/h7H,3-6H2,1-2H3;1-2H3/t7-;/m0./s1. The van der Waals surface area contributed by atoms with Gasteiger partial charge in [0, 0.05) is 19.5 Å². The van der Waals surface area contributed by atoms with Gasteiger partial charge in [0.1, 0.15) is 0 Å². The number of likely N-dealkylation sites (tertiary alicyclic amines) is 1. The second-order valence-electron chi connectivity index (χ2n) is 3.16. The Morgan fingerprint density at radius 2 is 1.92 bits per heavy atom. The van der Waals surface area contributed by atoms with Gasteiger partial charge in [-0.2, -0.15) is 0 Å². The zero-order chi connectivity index (χ0) is 9.56. The number of hydrogen-bond acceptors (Lipinski definition) is 1. The van der Waals surface area contributed by atoms with E-state index in [9.17, 15) is 4.79 Å². The van der Waals surface area contributed by atoms with E-state index in [-0.39, 0.29) is 5.92 Å². The molecule has 0 N–H and O–H groups in total. The van der Waals surface area contributed by atoms with E-state index in [1.54, 1.807) is 0 Å². The summed E-state index contributed by atoms with van der Waals surface area (Å²) in [6, 6.07) is 0. The number of rotatable bonds is 0. The van der Waals surface area contributed by atoms with Crippen molar-refractivity contribution in [2.45, 2.75) is 40.0 Å². The lowest BCUT2D eigenvalue weighted by atomic mass is 10.1. The van der Waals surface area contributed by atoms with Crippen LogP contribution in [0.1, 0.15) is 40.0 Å². The fourth-order valence-corrected chi connectivity index (χ4v) is 1.41. The summed E-state index contributed by atoms with van der Waals surface area (Å²) in [5, 5.41) is 0. The van der Waals surface area contributed by atoms with E-state index in [0.29, 0.717) is 5.91 Å². The summed E-state index contributed by atoms with van der Waals surface area (Å²) in [4.78, 5) is 13.1. The molecule has 1 heterocycles. The first-order valence-electron chi connectivity index (χ1n) is 4.97. The number of carbonyl (C=O) groups excluding carboxylic acids is 1. The molecule has 2 heteroatoms. The van der Waals surface area contributed by atoms with Crippen molar-refractivity contribution in [1.29, 1.82) is 0 Å². The van der Waals surface area contributed by atoms with Gasteiger partial charge in [0.2, 0.25) is 5.91 Å². The monoisotopic (exact) mass is 171 g/mol. The Kier molecular flexibility index (Phi) is 5.77. The number of amides is 1. The number of nitrogens with zero attached hydrogens (tertiary/aromatic N) is 1. The molecule has 0 radical (unpaired) electrons. The molecule has 1 rings (SSSR count). The van der Waals surface area contributed by atoms with Gasteiger partial charge in [-0.15, -0.1) is 0 Å². The van der Waals surface area contributed by atoms with Crippen molar-refractivity contribution in [3.8, 4) is 0 Å². The molecule has 1 atom stereocenters. The molecule has 0 aromatic rings. The molecule has 1 aliphatic heterocycles. The first-order chi connectivity index (χ1) is 5.72. The third-order valence-corrected chi connectivity index (χ3v) is 2.18. The Labute approximate surface area is 75.9 Å². The van der Waals surface area contributed by atoms with Crippen LogP contribution in [0.2, 0.25) is 0 Å². The maximum absolute atomic E-state index is 11.3. The van der Waals surface area contributed by atoms with Crippen molar-refractivity contribution in [2.75, 3.05) is 13.6 Å². The second-order valence-corrected chi connectivity index (χ2v) is 3.16. The minimum atomic E-state index is 0.257. The zero-order valence-corrected chi connectivity index (χ0v) is 8.76. The van der Waals surface area contributed by atoms with Gasteiger partial charge >= 0.3 is 0 Å². The minimum Gasteiger partial charge on any atom is -0.346 e. The van der Waals surface area contributed by atoms with Gasteiger partial charge in [0.15, 0.2) is 0 Å². The normalized spacial score (nSPS) is 24.2. The lowest BCUT2D eigenvalue weighted by Gasteiger charge is -2.16. The number of carbonyl (C=O) groups is 1. The molecule has 0 aliphatic carbocycles. The molecule has 0 saturated carbocycles. The average molecular weight is 171 g/mol. The Hall–Kier alpha value is -0.530. The first-order valence-corrected chi connectivity index (χ1v) is 4.97. The van der Waals surface area contributed by atoms with Gasteiger partial charge < -0.3 is 4.90 Å². The Bertz CT molecular complexity index is 120. The number of hydrogen-bond donors (Lipinski definition) is 0. The third-order valence-electron chi connectivity index (χ3n) is 2.18. The molecule has 0 spiro atoms. The maximum Gasteiger partial charge on any atom is 0.225 e. The molecule has 2 nitrogen and oxygen atoms in total. The summed E-state index contributed by atoms with van der Waals surface area (Å²) in [6.45, 7) is 6.97. The zero-order valence-electron chi connectivity index (χ0n) is 8.76. The van der Waals surface area contributed by atoms with Crippen LogP contribution < -0.4 is 0 Å². The summed E-state index contributed by atoms with van der Waals surface area (Å²) in [5.41, 5.74) is 0. The van der Waals surface area contributed by atoms with Crippen LogP contribution in [0, 0.1) is 5.92 Å². The molecule has 1 aliphatic rings. The average Bonchev–Trinajstić information content (AvgIpc) is 2.24. The Morgan fingerprint density at radius 1 is 1.33 bits per heavy atom. The maximum atomic E-state index is 11.3. The molecule has 0 aromatic heterocycles. The molecular formula is C10H21NO. The highest BCUT2D eigenvalue weighted by molar-refractivity contribution is 5.78. The molecule has 0 bridgehead atoms. The van der Waals surface area contributed by atoms with Crippen LogP contribution in [0.15, 0.2) is 0 Å². The van der Waals surface area contributed by atoms with Crippen LogP contribution in [0.25, 0.3) is 0 Å². The molecule has 12 heavy (non-hydrogen) atoms. The molecule has 1 saturated heterocycles. The molecule has 1 amide bonds. The van der Waals surface area contributed by atoms with E-state index < -0.39 is 0 Å². The van der Waals surface area contributed by atoms with Crippen LogP contribution in [0.5, 0.6) is 0 Å². The van der Waals surface area contributed by atoms with E-state index in [4.69, 9.17) is 0 Å². The van der Waals surface area contributed by atoms with Crippen molar-refractivity contribution in [3.05, 3.63) is 0 Å². The lowest BCUT2D eigenvalue weighted by Crippen LogP contribution is -2.29. The topological polar surface area (TPSA) is 20.3 Å². The summed E-state index contributed by atoms with van der Waals surface area (Å²) >= 11 is 0. The summed E-state index contributed by atoms with van der Waals surface area (Å²) in [7, 11) is 1.89. The second kappa shape index (κ2) is 6.04. The first kappa shape index (κ1) is 11.5.